The van der Waals surface area contributed by atoms with E-state index in [1.165, 1.54) is 24.3 Å². The standard InChI is InChI=1S/C17H26F2N2O3/c1-21(2)12-7-11-20-16(23)24-13-6-10-15(22)17(18,19)14-8-4-3-5-9-14/h3-5,8-9,15,22H,6-7,10-13H2,1-2H3,(H,20,23). The molecule has 0 saturated heterocycles. The van der Waals surface area contributed by atoms with E-state index in [9.17, 15) is 18.7 Å². The average Bonchev–Trinajstić information content (AvgIpc) is 2.56. The van der Waals surface area contributed by atoms with Crippen LogP contribution in [0.3, 0.4) is 0 Å². The highest BCUT2D eigenvalue weighted by Crippen LogP contribution is 2.33. The zero-order valence-corrected chi connectivity index (χ0v) is 14.2. The minimum Gasteiger partial charge on any atom is -0.450 e. The first-order valence-electron chi connectivity index (χ1n) is 8.00. The molecule has 0 aliphatic heterocycles. The Morgan fingerprint density at radius 1 is 1.29 bits per heavy atom. The Balaban J connectivity index is 2.21. The van der Waals surface area contributed by atoms with Crippen LogP contribution < -0.4 is 5.32 Å². The van der Waals surface area contributed by atoms with E-state index in [4.69, 9.17) is 4.74 Å². The predicted octanol–water partition coefficient (Wildman–Crippen LogP) is 2.60. The Labute approximate surface area is 141 Å². The number of benzene rings is 1. The summed E-state index contributed by atoms with van der Waals surface area (Å²) >= 11 is 0. The molecule has 0 radical (unpaired) electrons. The first kappa shape index (κ1) is 20.3. The van der Waals surface area contributed by atoms with Gasteiger partial charge in [-0.3, -0.25) is 0 Å². The number of alkyl carbamates (subject to hydrolysis) is 1. The highest BCUT2D eigenvalue weighted by molar-refractivity contribution is 5.66. The maximum atomic E-state index is 14.0. The number of ether oxygens (including phenoxy) is 1. The SMILES string of the molecule is CN(C)CCCNC(=O)OCCCC(O)C(F)(F)c1ccccc1. The Hall–Kier alpha value is -1.73. The molecule has 0 saturated carbocycles. The molecule has 0 heterocycles. The summed E-state index contributed by atoms with van der Waals surface area (Å²) in [6.45, 7) is 1.33. The highest BCUT2D eigenvalue weighted by Gasteiger charge is 2.39. The van der Waals surface area contributed by atoms with E-state index in [1.807, 2.05) is 19.0 Å². The normalized spacial score (nSPS) is 12.9. The maximum absolute atomic E-state index is 14.0. The molecular weight excluding hydrogens is 318 g/mol. The van der Waals surface area contributed by atoms with Crippen molar-refractivity contribution in [2.75, 3.05) is 33.8 Å². The molecule has 2 N–H and O–H groups in total. The number of hydrogen-bond donors (Lipinski definition) is 2. The van der Waals surface area contributed by atoms with Gasteiger partial charge in [-0.25, -0.2) is 4.79 Å². The van der Waals surface area contributed by atoms with Gasteiger partial charge in [-0.15, -0.1) is 0 Å². The van der Waals surface area contributed by atoms with Gasteiger partial charge in [0.15, 0.2) is 0 Å². The zero-order chi connectivity index (χ0) is 18.0. The van der Waals surface area contributed by atoms with Crippen molar-refractivity contribution in [1.82, 2.24) is 10.2 Å². The van der Waals surface area contributed by atoms with E-state index >= 15 is 0 Å². The summed E-state index contributed by atoms with van der Waals surface area (Å²) < 4.78 is 33.0. The molecule has 1 unspecified atom stereocenters. The van der Waals surface area contributed by atoms with E-state index in [-0.39, 0.29) is 25.0 Å². The summed E-state index contributed by atoms with van der Waals surface area (Å²) in [5, 5.41) is 12.3. The van der Waals surface area contributed by atoms with Crippen LogP contribution in [0.1, 0.15) is 24.8 Å². The van der Waals surface area contributed by atoms with Crippen molar-refractivity contribution < 1.29 is 23.4 Å². The van der Waals surface area contributed by atoms with E-state index in [0.717, 1.165) is 13.0 Å². The van der Waals surface area contributed by atoms with Crippen molar-refractivity contribution in [3.63, 3.8) is 0 Å². The molecule has 1 amide bonds. The zero-order valence-electron chi connectivity index (χ0n) is 14.2. The molecule has 5 nitrogen and oxygen atoms in total. The summed E-state index contributed by atoms with van der Waals surface area (Å²) in [5.41, 5.74) is -0.225. The highest BCUT2D eigenvalue weighted by atomic mass is 19.3. The molecule has 0 fully saturated rings. The first-order valence-corrected chi connectivity index (χ1v) is 8.00. The quantitative estimate of drug-likeness (QED) is 0.641. The summed E-state index contributed by atoms with van der Waals surface area (Å²) in [4.78, 5) is 13.4. The number of nitrogens with zero attached hydrogens (tertiary/aromatic N) is 1. The van der Waals surface area contributed by atoms with Crippen molar-refractivity contribution in [3.8, 4) is 0 Å². The molecule has 0 aliphatic carbocycles. The number of halogens is 2. The second-order valence-electron chi connectivity index (χ2n) is 5.87. The number of aliphatic hydroxyl groups is 1. The Bertz CT molecular complexity index is 484. The minimum atomic E-state index is -3.32. The van der Waals surface area contributed by atoms with Crippen molar-refractivity contribution >= 4 is 6.09 Å². The number of amides is 1. The van der Waals surface area contributed by atoms with Crippen LogP contribution in [0.15, 0.2) is 30.3 Å². The number of alkyl halides is 2. The lowest BCUT2D eigenvalue weighted by molar-refractivity contribution is -0.119. The molecule has 1 aromatic carbocycles. The molecule has 7 heteroatoms. The first-order chi connectivity index (χ1) is 11.3. The summed E-state index contributed by atoms with van der Waals surface area (Å²) in [7, 11) is 3.88. The lowest BCUT2D eigenvalue weighted by atomic mass is 10.00. The average molecular weight is 344 g/mol. The molecule has 136 valence electrons. The second-order valence-corrected chi connectivity index (χ2v) is 5.87. The third-order valence-corrected chi connectivity index (χ3v) is 3.48. The van der Waals surface area contributed by atoms with Crippen molar-refractivity contribution in [2.45, 2.75) is 31.3 Å². The van der Waals surface area contributed by atoms with Gasteiger partial charge in [0, 0.05) is 12.1 Å². The third kappa shape index (κ3) is 7.23. The fourth-order valence-electron chi connectivity index (χ4n) is 2.11. The fraction of sp³-hybridized carbons (Fsp3) is 0.588. The fourth-order valence-corrected chi connectivity index (χ4v) is 2.11. The molecular formula is C17H26F2N2O3. The molecule has 0 aromatic heterocycles. The van der Waals surface area contributed by atoms with Gasteiger partial charge in [0.25, 0.3) is 5.92 Å². The van der Waals surface area contributed by atoms with Crippen LogP contribution >= 0.6 is 0 Å². The summed E-state index contributed by atoms with van der Waals surface area (Å²) in [6.07, 6.45) is -1.58. The van der Waals surface area contributed by atoms with Crippen LogP contribution in [0.25, 0.3) is 0 Å². The Kier molecular flexibility index (Phi) is 8.63. The molecule has 24 heavy (non-hydrogen) atoms. The van der Waals surface area contributed by atoms with Crippen LogP contribution in [-0.2, 0) is 10.7 Å². The van der Waals surface area contributed by atoms with Gasteiger partial charge in [0.2, 0.25) is 0 Å². The predicted molar refractivity (Wildman–Crippen MR) is 88.1 cm³/mol. The summed E-state index contributed by atoms with van der Waals surface area (Å²) in [5.74, 6) is -3.32. The van der Waals surface area contributed by atoms with E-state index in [1.54, 1.807) is 6.07 Å². The van der Waals surface area contributed by atoms with Gasteiger partial charge >= 0.3 is 6.09 Å². The number of hydrogen-bond acceptors (Lipinski definition) is 4. The van der Waals surface area contributed by atoms with Crippen LogP contribution in [0, 0.1) is 0 Å². The van der Waals surface area contributed by atoms with E-state index in [0.29, 0.717) is 6.54 Å². The van der Waals surface area contributed by atoms with Crippen LogP contribution in [0.4, 0.5) is 13.6 Å². The largest absolute Gasteiger partial charge is 0.450 e. The van der Waals surface area contributed by atoms with Gasteiger partial charge in [-0.1, -0.05) is 30.3 Å². The van der Waals surface area contributed by atoms with Gasteiger partial charge in [-0.05, 0) is 39.9 Å². The van der Waals surface area contributed by atoms with Gasteiger partial charge in [0.05, 0.1) is 6.61 Å². The monoisotopic (exact) mass is 344 g/mol. The number of carbonyl (C=O) groups excluding carboxylic acids is 1. The smallest absolute Gasteiger partial charge is 0.407 e. The van der Waals surface area contributed by atoms with Crippen molar-refractivity contribution in [3.05, 3.63) is 35.9 Å². The van der Waals surface area contributed by atoms with Crippen LogP contribution in [0.5, 0.6) is 0 Å². The van der Waals surface area contributed by atoms with Gasteiger partial charge in [-0.2, -0.15) is 8.78 Å². The maximum Gasteiger partial charge on any atom is 0.407 e. The van der Waals surface area contributed by atoms with Crippen LogP contribution in [-0.4, -0.2) is 56.0 Å². The minimum absolute atomic E-state index is 0.0125. The van der Waals surface area contributed by atoms with Gasteiger partial charge < -0.3 is 20.1 Å². The Morgan fingerprint density at radius 2 is 1.96 bits per heavy atom. The summed E-state index contributed by atoms with van der Waals surface area (Å²) in [6, 6.07) is 7.19. The number of aliphatic hydroxyl groups excluding tert-OH is 1. The third-order valence-electron chi connectivity index (χ3n) is 3.48. The second kappa shape index (κ2) is 10.2. The Morgan fingerprint density at radius 3 is 2.58 bits per heavy atom. The van der Waals surface area contributed by atoms with Crippen molar-refractivity contribution in [2.24, 2.45) is 0 Å². The lowest BCUT2D eigenvalue weighted by Gasteiger charge is -2.22. The number of nitrogens with one attached hydrogen (secondary N) is 1. The van der Waals surface area contributed by atoms with Crippen molar-refractivity contribution in [1.29, 1.82) is 0 Å². The number of carbonyl (C=O) groups is 1. The van der Waals surface area contributed by atoms with Gasteiger partial charge in [0.1, 0.15) is 6.10 Å². The molecule has 1 rings (SSSR count). The molecule has 0 spiro atoms. The van der Waals surface area contributed by atoms with E-state index in [2.05, 4.69) is 5.32 Å². The molecule has 0 bridgehead atoms. The van der Waals surface area contributed by atoms with E-state index < -0.39 is 18.1 Å². The number of rotatable bonds is 10. The van der Waals surface area contributed by atoms with Crippen LogP contribution in [0.2, 0.25) is 0 Å². The molecule has 1 atom stereocenters. The molecule has 0 aliphatic rings. The molecule has 1 aromatic rings. The lowest BCUT2D eigenvalue weighted by Crippen LogP contribution is -2.31. The topological polar surface area (TPSA) is 61.8 Å².